The summed E-state index contributed by atoms with van der Waals surface area (Å²) in [7, 11) is 1.45. The molecule has 0 saturated carbocycles. The Labute approximate surface area is 143 Å². The second-order valence-electron chi connectivity index (χ2n) is 5.68. The number of carbonyl (C=O) groups excluding carboxylic acids is 2. The number of hydrogen-bond acceptors (Lipinski definition) is 5. The van der Waals surface area contributed by atoms with Crippen molar-refractivity contribution in [1.82, 2.24) is 0 Å². The van der Waals surface area contributed by atoms with Gasteiger partial charge < -0.3 is 9.47 Å². The maximum absolute atomic E-state index is 12.1. The Hall–Kier alpha value is -2.61. The molecule has 0 saturated heterocycles. The third kappa shape index (κ3) is 6.66. The summed E-state index contributed by atoms with van der Waals surface area (Å²) in [6, 6.07) is 6.74. The largest absolute Gasteiger partial charge is 0.496 e. The molecule has 0 fully saturated rings. The van der Waals surface area contributed by atoms with Gasteiger partial charge in [0.2, 0.25) is 0 Å². The van der Waals surface area contributed by atoms with Gasteiger partial charge >= 0.3 is 5.97 Å². The monoisotopic (exact) mass is 331 g/mol. The van der Waals surface area contributed by atoms with Gasteiger partial charge in [0.05, 0.1) is 18.7 Å². The average Bonchev–Trinajstić information content (AvgIpc) is 2.52. The fourth-order valence-electron chi connectivity index (χ4n) is 1.69. The molecule has 0 unspecified atom stereocenters. The number of carbonyl (C=O) groups is 2. The maximum atomic E-state index is 12.1. The smallest absolute Gasteiger partial charge is 0.342 e. The Bertz CT molecular complexity index is 661. The molecule has 0 spiro atoms. The first-order valence-electron chi connectivity index (χ1n) is 7.72. The molecule has 0 bridgehead atoms. The van der Waals surface area contributed by atoms with Gasteiger partial charge in [0.15, 0.2) is 5.78 Å². The number of benzene rings is 1. The zero-order chi connectivity index (χ0) is 18.9. The van der Waals surface area contributed by atoms with E-state index in [4.69, 9.17) is 14.7 Å². The summed E-state index contributed by atoms with van der Waals surface area (Å²) in [5.41, 5.74) is 0.187. The Morgan fingerprint density at radius 2 is 1.79 bits per heavy atom. The van der Waals surface area contributed by atoms with Crippen LogP contribution in [-0.4, -0.2) is 24.5 Å². The molecule has 0 N–H and O–H groups in total. The van der Waals surface area contributed by atoms with Gasteiger partial charge in [-0.05, 0) is 52.0 Å². The molecule has 1 rings (SSSR count). The number of hydrogen-bond donors (Lipinski definition) is 0. The van der Waals surface area contributed by atoms with Gasteiger partial charge in [-0.25, -0.2) is 4.79 Å². The first-order valence-corrected chi connectivity index (χ1v) is 7.72. The number of methoxy groups -OCH3 is 1. The lowest BCUT2D eigenvalue weighted by atomic mass is 10.0. The number of rotatable bonds is 4. The van der Waals surface area contributed by atoms with Crippen LogP contribution in [0.15, 0.2) is 23.8 Å². The third-order valence-corrected chi connectivity index (χ3v) is 2.66. The molecule has 130 valence electrons. The lowest BCUT2D eigenvalue weighted by molar-refractivity contribution is -0.150. The van der Waals surface area contributed by atoms with E-state index in [1.54, 1.807) is 39.0 Å². The Morgan fingerprint density at radius 3 is 2.21 bits per heavy atom. The summed E-state index contributed by atoms with van der Waals surface area (Å²) in [5, 5.41) is 8.89. The fourth-order valence-corrected chi connectivity index (χ4v) is 1.69. The lowest BCUT2D eigenvalue weighted by Crippen LogP contribution is -2.26. The molecular formula is C19H25NO4. The normalized spacial score (nSPS) is 10.8. The molecule has 0 aliphatic heterocycles. The fraction of sp³-hybridized carbons (Fsp3) is 0.421. The first kappa shape index (κ1) is 21.4. The highest BCUT2D eigenvalue weighted by Crippen LogP contribution is 2.24. The van der Waals surface area contributed by atoms with E-state index in [1.807, 2.05) is 19.9 Å². The number of Topliss-reactive ketones (excluding diaryl/α,β-unsaturated/α-hetero) is 1. The van der Waals surface area contributed by atoms with Crippen LogP contribution in [0.2, 0.25) is 0 Å². The molecule has 24 heavy (non-hydrogen) atoms. The Kier molecular flexibility index (Phi) is 8.48. The van der Waals surface area contributed by atoms with E-state index in [2.05, 4.69) is 0 Å². The van der Waals surface area contributed by atoms with Gasteiger partial charge in [-0.1, -0.05) is 13.8 Å². The zero-order valence-corrected chi connectivity index (χ0v) is 15.4. The van der Waals surface area contributed by atoms with Crippen molar-refractivity contribution < 1.29 is 19.1 Å². The van der Waals surface area contributed by atoms with Gasteiger partial charge in [0, 0.05) is 5.56 Å². The van der Waals surface area contributed by atoms with E-state index in [0.717, 1.165) is 0 Å². The van der Waals surface area contributed by atoms with Crippen LogP contribution in [0.3, 0.4) is 0 Å². The third-order valence-electron chi connectivity index (χ3n) is 2.66. The number of nitriles is 1. The van der Waals surface area contributed by atoms with Gasteiger partial charge in [-0.15, -0.1) is 0 Å². The van der Waals surface area contributed by atoms with Crippen molar-refractivity contribution in [3.8, 4) is 11.8 Å². The van der Waals surface area contributed by atoms with Crippen LogP contribution in [0, 0.1) is 11.3 Å². The molecule has 0 amide bonds. The van der Waals surface area contributed by atoms with Gasteiger partial charge in [0.25, 0.3) is 0 Å². The number of nitrogens with zero attached hydrogens (tertiary/aromatic N) is 1. The maximum Gasteiger partial charge on any atom is 0.342 e. The van der Waals surface area contributed by atoms with Crippen LogP contribution in [0.4, 0.5) is 0 Å². The van der Waals surface area contributed by atoms with Crippen molar-refractivity contribution in [2.75, 3.05) is 7.11 Å². The summed E-state index contributed by atoms with van der Waals surface area (Å²) in [5.74, 6) is -0.687. The Morgan fingerprint density at radius 1 is 1.21 bits per heavy atom. The Balaban J connectivity index is 0.00000254. The van der Waals surface area contributed by atoms with E-state index in [1.165, 1.54) is 20.1 Å². The van der Waals surface area contributed by atoms with Crippen LogP contribution >= 0.6 is 0 Å². The summed E-state index contributed by atoms with van der Waals surface area (Å²) < 4.78 is 10.4. The van der Waals surface area contributed by atoms with Gasteiger partial charge in [0.1, 0.15) is 16.9 Å². The van der Waals surface area contributed by atoms with Crippen molar-refractivity contribution in [3.05, 3.63) is 34.9 Å². The molecule has 5 heteroatoms. The van der Waals surface area contributed by atoms with Crippen LogP contribution < -0.4 is 4.74 Å². The van der Waals surface area contributed by atoms with Gasteiger partial charge in [-0.2, -0.15) is 5.26 Å². The van der Waals surface area contributed by atoms with Crippen LogP contribution in [0.5, 0.6) is 5.75 Å². The van der Waals surface area contributed by atoms with E-state index < -0.39 is 17.4 Å². The number of ketones is 1. The van der Waals surface area contributed by atoms with Crippen molar-refractivity contribution in [3.63, 3.8) is 0 Å². The predicted molar refractivity (Wildman–Crippen MR) is 93.6 cm³/mol. The first-order chi connectivity index (χ1) is 11.2. The quantitative estimate of drug-likeness (QED) is 0.362. The van der Waals surface area contributed by atoms with Crippen molar-refractivity contribution in [1.29, 1.82) is 5.26 Å². The number of esters is 1. The highest BCUT2D eigenvalue weighted by Gasteiger charge is 2.23. The second-order valence-corrected chi connectivity index (χ2v) is 5.68. The molecule has 0 radical (unpaired) electrons. The number of ether oxygens (including phenoxy) is 2. The molecule has 0 aliphatic carbocycles. The van der Waals surface area contributed by atoms with Crippen LogP contribution in [0.1, 0.15) is 52.7 Å². The van der Waals surface area contributed by atoms with E-state index in [9.17, 15) is 9.59 Å². The molecule has 0 aromatic heterocycles. The van der Waals surface area contributed by atoms with Crippen molar-refractivity contribution in [2.45, 2.75) is 47.1 Å². The molecule has 5 nitrogen and oxygen atoms in total. The molecule has 0 atom stereocenters. The standard InChI is InChI=1S/C17H19NO4.C2H6/c1-11(19)14(16(20)22-17(2,3)4)9-13-7-6-12(10-18)8-15(13)21-5;1-2/h6-9H,1-5H3;1-2H3/b14-9+;. The van der Waals surface area contributed by atoms with Crippen LogP contribution in [-0.2, 0) is 14.3 Å². The lowest BCUT2D eigenvalue weighted by Gasteiger charge is -2.20. The van der Waals surface area contributed by atoms with Crippen molar-refractivity contribution >= 4 is 17.8 Å². The van der Waals surface area contributed by atoms with E-state index in [-0.39, 0.29) is 5.57 Å². The van der Waals surface area contributed by atoms with Gasteiger partial charge in [-0.3, -0.25) is 4.79 Å². The second kappa shape index (κ2) is 9.51. The minimum atomic E-state index is -0.694. The van der Waals surface area contributed by atoms with E-state index in [0.29, 0.717) is 16.9 Å². The summed E-state index contributed by atoms with van der Waals surface area (Å²) in [6.45, 7) is 10.5. The summed E-state index contributed by atoms with van der Waals surface area (Å²) in [6.07, 6.45) is 1.41. The average molecular weight is 331 g/mol. The van der Waals surface area contributed by atoms with E-state index >= 15 is 0 Å². The molecule has 1 aromatic carbocycles. The SMILES string of the molecule is CC.COc1cc(C#N)ccc1/C=C(\C(C)=O)C(=O)OC(C)(C)C. The summed E-state index contributed by atoms with van der Waals surface area (Å²) in [4.78, 5) is 23.9. The highest BCUT2D eigenvalue weighted by molar-refractivity contribution is 6.20. The van der Waals surface area contributed by atoms with Crippen molar-refractivity contribution in [2.24, 2.45) is 0 Å². The zero-order valence-electron chi connectivity index (χ0n) is 15.4. The molecule has 0 aliphatic rings. The minimum Gasteiger partial charge on any atom is -0.496 e. The topological polar surface area (TPSA) is 76.4 Å². The molecule has 1 aromatic rings. The molecular weight excluding hydrogens is 306 g/mol. The highest BCUT2D eigenvalue weighted by atomic mass is 16.6. The molecule has 0 heterocycles. The van der Waals surface area contributed by atoms with Crippen LogP contribution in [0.25, 0.3) is 6.08 Å². The summed E-state index contributed by atoms with van der Waals surface area (Å²) >= 11 is 0. The predicted octanol–water partition coefficient (Wildman–Crippen LogP) is 3.91. The minimum absolute atomic E-state index is 0.0714.